The van der Waals surface area contributed by atoms with Crippen LogP contribution in [-0.2, 0) is 0 Å². The van der Waals surface area contributed by atoms with E-state index in [0.717, 1.165) is 22.5 Å². The van der Waals surface area contributed by atoms with Gasteiger partial charge in [0.25, 0.3) is 0 Å². The maximum Gasteiger partial charge on any atom is 0.119 e. The maximum atomic E-state index is 5.36. The minimum atomic E-state index is 0.175. The molecule has 1 aromatic carbocycles. The van der Waals surface area contributed by atoms with Gasteiger partial charge in [0.15, 0.2) is 0 Å². The summed E-state index contributed by atoms with van der Waals surface area (Å²) in [5.74, 6) is 1.12. The lowest BCUT2D eigenvalue weighted by molar-refractivity contribution is 0.410. The van der Waals surface area contributed by atoms with Crippen molar-refractivity contribution in [3.05, 3.63) is 58.3 Å². The molecule has 0 saturated heterocycles. The maximum absolute atomic E-state index is 5.36. The number of nitrogens with zero attached hydrogens (tertiary/aromatic N) is 1. The summed E-state index contributed by atoms with van der Waals surface area (Å²) in [7, 11) is 1.69. The number of ether oxygens (including phenoxy) is 1. The first-order chi connectivity index (χ1) is 10.2. The van der Waals surface area contributed by atoms with Crippen molar-refractivity contribution in [1.82, 2.24) is 10.3 Å². The predicted molar refractivity (Wildman–Crippen MR) is 89.8 cm³/mol. The highest BCUT2D eigenvalue weighted by Crippen LogP contribution is 2.35. The molecule has 0 bridgehead atoms. The smallest absolute Gasteiger partial charge is 0.119 e. The quantitative estimate of drug-likeness (QED) is 0.844. The Balaban J connectivity index is 2.39. The Morgan fingerprint density at radius 3 is 2.71 bits per heavy atom. The van der Waals surface area contributed by atoms with Gasteiger partial charge in [-0.1, -0.05) is 35.8 Å². The van der Waals surface area contributed by atoms with Crippen LogP contribution in [-0.4, -0.2) is 18.6 Å². The summed E-state index contributed by atoms with van der Waals surface area (Å²) in [5.41, 5.74) is 2.27. The van der Waals surface area contributed by atoms with E-state index in [0.29, 0.717) is 0 Å². The lowest BCUT2D eigenvalue weighted by Gasteiger charge is -2.26. The van der Waals surface area contributed by atoms with Crippen LogP contribution < -0.4 is 10.1 Å². The third-order valence-electron chi connectivity index (χ3n) is 3.62. The molecule has 0 saturated carbocycles. The van der Waals surface area contributed by atoms with Crippen molar-refractivity contribution < 1.29 is 4.74 Å². The molecule has 2 aromatic rings. The van der Waals surface area contributed by atoms with E-state index in [1.54, 1.807) is 7.11 Å². The molecule has 21 heavy (non-hydrogen) atoms. The molecule has 2 unspecified atom stereocenters. The van der Waals surface area contributed by atoms with E-state index < -0.39 is 0 Å². The Bertz CT molecular complexity index is 574. The third kappa shape index (κ3) is 3.83. The molecular formula is C17H21BrN2O. The molecule has 0 radical (unpaired) electrons. The highest BCUT2D eigenvalue weighted by Gasteiger charge is 2.23. The summed E-state index contributed by atoms with van der Waals surface area (Å²) < 4.78 is 6.44. The van der Waals surface area contributed by atoms with Gasteiger partial charge in [-0.05, 0) is 42.4 Å². The fraction of sp³-hybridized carbons (Fsp3) is 0.353. The molecule has 1 N–H and O–H groups in total. The van der Waals surface area contributed by atoms with Crippen molar-refractivity contribution >= 4 is 15.9 Å². The van der Waals surface area contributed by atoms with Crippen LogP contribution in [0.1, 0.15) is 37.1 Å². The molecular weight excluding hydrogens is 328 g/mol. The summed E-state index contributed by atoms with van der Waals surface area (Å²) >= 11 is 3.66. The molecule has 0 aliphatic carbocycles. The van der Waals surface area contributed by atoms with Gasteiger partial charge >= 0.3 is 0 Å². The minimum absolute atomic E-state index is 0.175. The third-order valence-corrected chi connectivity index (χ3v) is 4.34. The number of hydrogen-bond donors (Lipinski definition) is 1. The van der Waals surface area contributed by atoms with Crippen molar-refractivity contribution in [3.8, 4) is 5.75 Å². The normalized spacial score (nSPS) is 13.7. The summed E-state index contributed by atoms with van der Waals surface area (Å²) in [6, 6.07) is 12.3. The highest BCUT2D eigenvalue weighted by atomic mass is 79.9. The molecule has 2 rings (SSSR count). The van der Waals surface area contributed by atoms with Gasteiger partial charge in [-0.2, -0.15) is 0 Å². The van der Waals surface area contributed by atoms with Gasteiger partial charge in [-0.3, -0.25) is 4.98 Å². The molecule has 0 fully saturated rings. The van der Waals surface area contributed by atoms with Crippen LogP contribution in [0.15, 0.2) is 47.1 Å². The average molecular weight is 349 g/mol. The molecule has 0 aliphatic rings. The second kappa shape index (κ2) is 7.57. The lowest BCUT2D eigenvalue weighted by Crippen LogP contribution is -2.26. The first kappa shape index (κ1) is 16.0. The van der Waals surface area contributed by atoms with Crippen molar-refractivity contribution in [2.24, 2.45) is 0 Å². The Morgan fingerprint density at radius 1 is 1.29 bits per heavy atom. The lowest BCUT2D eigenvalue weighted by atomic mass is 9.91. The van der Waals surface area contributed by atoms with Gasteiger partial charge < -0.3 is 10.1 Å². The van der Waals surface area contributed by atoms with Gasteiger partial charge in [-0.25, -0.2) is 0 Å². The van der Waals surface area contributed by atoms with Crippen LogP contribution in [0.5, 0.6) is 5.75 Å². The van der Waals surface area contributed by atoms with Gasteiger partial charge in [0, 0.05) is 28.3 Å². The molecule has 1 aromatic heterocycles. The standard InChI is InChI=1S/C17H21BrN2O/c1-4-19-17(12(2)16-7-5-6-10-20-16)14-11-13(21-3)8-9-15(14)18/h5-12,17,19H,4H2,1-3H3. The second-order valence-corrected chi connectivity index (χ2v) is 5.82. The summed E-state index contributed by atoms with van der Waals surface area (Å²) in [6.07, 6.45) is 1.84. The fourth-order valence-electron chi connectivity index (χ4n) is 2.48. The van der Waals surface area contributed by atoms with Gasteiger partial charge in [-0.15, -0.1) is 0 Å². The van der Waals surface area contributed by atoms with Crippen molar-refractivity contribution in [3.63, 3.8) is 0 Å². The van der Waals surface area contributed by atoms with Crippen LogP contribution in [0.3, 0.4) is 0 Å². The zero-order chi connectivity index (χ0) is 15.2. The first-order valence-electron chi connectivity index (χ1n) is 7.15. The molecule has 2 atom stereocenters. The molecule has 1 heterocycles. The number of pyridine rings is 1. The first-order valence-corrected chi connectivity index (χ1v) is 7.94. The number of rotatable bonds is 6. The second-order valence-electron chi connectivity index (χ2n) is 4.97. The minimum Gasteiger partial charge on any atom is -0.497 e. The van der Waals surface area contributed by atoms with E-state index in [2.05, 4.69) is 52.2 Å². The Morgan fingerprint density at radius 2 is 2.10 bits per heavy atom. The SMILES string of the molecule is CCNC(c1cc(OC)ccc1Br)C(C)c1ccccn1. The van der Waals surface area contributed by atoms with E-state index >= 15 is 0 Å². The van der Waals surface area contributed by atoms with Gasteiger partial charge in [0.2, 0.25) is 0 Å². The topological polar surface area (TPSA) is 34.1 Å². The Kier molecular flexibility index (Phi) is 5.76. The van der Waals surface area contributed by atoms with Crippen LogP contribution in [0, 0.1) is 0 Å². The Labute approximate surface area is 134 Å². The molecule has 0 aliphatic heterocycles. The van der Waals surface area contributed by atoms with Crippen molar-refractivity contribution in [2.45, 2.75) is 25.8 Å². The van der Waals surface area contributed by atoms with E-state index in [9.17, 15) is 0 Å². The zero-order valence-electron chi connectivity index (χ0n) is 12.6. The van der Waals surface area contributed by atoms with E-state index in [1.165, 1.54) is 5.56 Å². The van der Waals surface area contributed by atoms with Crippen molar-refractivity contribution in [2.75, 3.05) is 13.7 Å². The van der Waals surface area contributed by atoms with E-state index in [-0.39, 0.29) is 12.0 Å². The fourth-order valence-corrected chi connectivity index (χ4v) is 2.97. The largest absolute Gasteiger partial charge is 0.497 e. The van der Waals surface area contributed by atoms with Crippen LogP contribution in [0.4, 0.5) is 0 Å². The molecule has 0 spiro atoms. The number of aromatic nitrogens is 1. The van der Waals surface area contributed by atoms with Crippen LogP contribution >= 0.6 is 15.9 Å². The highest BCUT2D eigenvalue weighted by molar-refractivity contribution is 9.10. The van der Waals surface area contributed by atoms with E-state index in [1.807, 2.05) is 30.5 Å². The van der Waals surface area contributed by atoms with Crippen LogP contribution in [0.25, 0.3) is 0 Å². The van der Waals surface area contributed by atoms with Crippen LogP contribution in [0.2, 0.25) is 0 Å². The molecule has 112 valence electrons. The monoisotopic (exact) mass is 348 g/mol. The number of nitrogens with one attached hydrogen (secondary N) is 1. The van der Waals surface area contributed by atoms with Gasteiger partial charge in [0.1, 0.15) is 5.75 Å². The average Bonchev–Trinajstić information content (AvgIpc) is 2.53. The van der Waals surface area contributed by atoms with Gasteiger partial charge in [0.05, 0.1) is 7.11 Å². The number of halogens is 1. The number of methoxy groups -OCH3 is 1. The summed E-state index contributed by atoms with van der Waals surface area (Å²) in [6.45, 7) is 5.21. The molecule has 4 heteroatoms. The number of benzene rings is 1. The number of likely N-dealkylation sites (N-methyl/N-ethyl adjacent to an activating group) is 1. The Hall–Kier alpha value is -1.39. The summed E-state index contributed by atoms with van der Waals surface area (Å²) in [5, 5.41) is 3.56. The van der Waals surface area contributed by atoms with Crippen molar-refractivity contribution in [1.29, 1.82) is 0 Å². The zero-order valence-corrected chi connectivity index (χ0v) is 14.2. The number of hydrogen-bond acceptors (Lipinski definition) is 3. The molecule has 3 nitrogen and oxygen atoms in total. The van der Waals surface area contributed by atoms with E-state index in [4.69, 9.17) is 4.74 Å². The summed E-state index contributed by atoms with van der Waals surface area (Å²) in [4.78, 5) is 4.49. The molecule has 0 amide bonds. The predicted octanol–water partition coefficient (Wildman–Crippen LogP) is 4.31.